The van der Waals surface area contributed by atoms with Crippen molar-refractivity contribution >= 4 is 11.9 Å². The molecule has 0 unspecified atom stereocenters. The van der Waals surface area contributed by atoms with Crippen LogP contribution in [0.3, 0.4) is 0 Å². The van der Waals surface area contributed by atoms with Gasteiger partial charge < -0.3 is 20.0 Å². The Morgan fingerprint density at radius 3 is 2.80 bits per heavy atom. The lowest BCUT2D eigenvalue weighted by Crippen LogP contribution is -2.27. The molecule has 0 aromatic carbocycles. The van der Waals surface area contributed by atoms with Crippen molar-refractivity contribution in [2.24, 2.45) is 0 Å². The fraction of sp³-hybridized carbons (Fsp3) is 0.167. The van der Waals surface area contributed by atoms with Crippen molar-refractivity contribution in [3.8, 4) is 0 Å². The molecule has 0 saturated heterocycles. The van der Waals surface area contributed by atoms with Gasteiger partial charge in [-0.3, -0.25) is 9.59 Å². The summed E-state index contributed by atoms with van der Waals surface area (Å²) in [6.45, 7) is 0.711. The Hall–Kier alpha value is -2.90. The molecular weight excluding hydrogens is 264 g/mol. The number of hydrogen-bond acceptors (Lipinski definition) is 4. The molecule has 8 heteroatoms. The zero-order chi connectivity index (χ0) is 14.5. The van der Waals surface area contributed by atoms with E-state index in [1.54, 1.807) is 4.57 Å². The standard InChI is InChI=1S/C12H12N4O4/c17-10-2-1-8(5-14-10)11(18)13-3-4-16-6-9(12(19)20)15-7-16/h1-2,5-7H,3-4H2,(H,13,18)(H,14,17)(H,19,20). The number of rotatable bonds is 5. The number of carbonyl (C=O) groups is 2. The van der Waals surface area contributed by atoms with Gasteiger partial charge in [0.2, 0.25) is 5.56 Å². The molecule has 1 amide bonds. The largest absolute Gasteiger partial charge is 0.476 e. The lowest BCUT2D eigenvalue weighted by atomic mass is 10.3. The number of carbonyl (C=O) groups excluding carboxylic acids is 1. The SMILES string of the molecule is O=C(NCCn1cnc(C(=O)O)c1)c1ccc(=O)[nH]c1. The van der Waals surface area contributed by atoms with Crippen molar-refractivity contribution in [3.05, 3.63) is 52.5 Å². The molecule has 2 heterocycles. The Kier molecular flexibility index (Phi) is 3.94. The van der Waals surface area contributed by atoms with Crippen LogP contribution >= 0.6 is 0 Å². The highest BCUT2D eigenvalue weighted by atomic mass is 16.4. The first-order chi connectivity index (χ1) is 9.56. The fourth-order valence-electron chi connectivity index (χ4n) is 1.55. The van der Waals surface area contributed by atoms with Gasteiger partial charge in [-0.15, -0.1) is 0 Å². The maximum absolute atomic E-state index is 11.7. The number of carboxylic acids is 1. The van der Waals surface area contributed by atoms with Crippen LogP contribution in [0.15, 0.2) is 35.6 Å². The summed E-state index contributed by atoms with van der Waals surface area (Å²) in [5, 5.41) is 11.4. The molecule has 3 N–H and O–H groups in total. The zero-order valence-electron chi connectivity index (χ0n) is 10.4. The van der Waals surface area contributed by atoms with E-state index in [0.717, 1.165) is 0 Å². The van der Waals surface area contributed by atoms with E-state index in [2.05, 4.69) is 15.3 Å². The van der Waals surface area contributed by atoms with E-state index in [0.29, 0.717) is 18.7 Å². The van der Waals surface area contributed by atoms with Crippen LogP contribution < -0.4 is 10.9 Å². The molecule has 0 aliphatic heterocycles. The average molecular weight is 276 g/mol. The van der Waals surface area contributed by atoms with Crippen LogP contribution in [0.4, 0.5) is 0 Å². The summed E-state index contributed by atoms with van der Waals surface area (Å²) in [4.78, 5) is 39.3. The third-order valence-corrected chi connectivity index (χ3v) is 2.55. The molecule has 0 aliphatic carbocycles. The highest BCUT2D eigenvalue weighted by Crippen LogP contribution is 1.96. The summed E-state index contributed by atoms with van der Waals surface area (Å²) < 4.78 is 1.57. The lowest BCUT2D eigenvalue weighted by Gasteiger charge is -2.05. The molecule has 0 bridgehead atoms. The number of aromatic amines is 1. The molecule has 20 heavy (non-hydrogen) atoms. The van der Waals surface area contributed by atoms with Gasteiger partial charge >= 0.3 is 5.97 Å². The summed E-state index contributed by atoms with van der Waals surface area (Å²) >= 11 is 0. The normalized spacial score (nSPS) is 10.2. The minimum atomic E-state index is -1.10. The van der Waals surface area contributed by atoms with Crippen molar-refractivity contribution in [1.82, 2.24) is 19.9 Å². The summed E-state index contributed by atoms with van der Waals surface area (Å²) in [6, 6.07) is 2.69. The number of amides is 1. The second-order valence-electron chi connectivity index (χ2n) is 4.00. The number of nitrogens with zero attached hydrogens (tertiary/aromatic N) is 2. The van der Waals surface area contributed by atoms with Gasteiger partial charge in [0, 0.05) is 31.5 Å². The number of nitrogens with one attached hydrogen (secondary N) is 2. The average Bonchev–Trinajstić information content (AvgIpc) is 2.88. The first-order valence-electron chi connectivity index (χ1n) is 5.78. The number of hydrogen-bond donors (Lipinski definition) is 3. The zero-order valence-corrected chi connectivity index (χ0v) is 10.4. The molecule has 104 valence electrons. The predicted molar refractivity (Wildman–Crippen MR) is 68.6 cm³/mol. The third-order valence-electron chi connectivity index (χ3n) is 2.55. The van der Waals surface area contributed by atoms with E-state index >= 15 is 0 Å². The molecule has 8 nitrogen and oxygen atoms in total. The monoisotopic (exact) mass is 276 g/mol. The van der Waals surface area contributed by atoms with Gasteiger partial charge in [0.25, 0.3) is 5.91 Å². The van der Waals surface area contributed by atoms with Gasteiger partial charge in [0.05, 0.1) is 11.9 Å². The second-order valence-corrected chi connectivity index (χ2v) is 4.00. The van der Waals surface area contributed by atoms with Gasteiger partial charge in [0.1, 0.15) is 0 Å². The molecule has 0 fully saturated rings. The van der Waals surface area contributed by atoms with Crippen LogP contribution in [-0.4, -0.2) is 38.1 Å². The summed E-state index contributed by atoms with van der Waals surface area (Å²) in [5.74, 6) is -1.42. The molecule has 2 rings (SSSR count). The molecule has 0 aliphatic rings. The smallest absolute Gasteiger partial charge is 0.356 e. The molecule has 0 spiro atoms. The number of aromatic carboxylic acids is 1. The topological polar surface area (TPSA) is 117 Å². The van der Waals surface area contributed by atoms with Crippen LogP contribution in [0, 0.1) is 0 Å². The molecule has 0 atom stereocenters. The summed E-state index contributed by atoms with van der Waals surface area (Å²) in [5.41, 5.74) is 0.0274. The molecule has 2 aromatic heterocycles. The first kappa shape index (κ1) is 13.5. The van der Waals surface area contributed by atoms with E-state index in [9.17, 15) is 14.4 Å². The van der Waals surface area contributed by atoms with E-state index in [-0.39, 0.29) is 17.2 Å². The number of imidazole rings is 1. The Bertz CT molecular complexity index is 668. The van der Waals surface area contributed by atoms with Gasteiger partial charge in [-0.2, -0.15) is 0 Å². The van der Waals surface area contributed by atoms with E-state index in [1.807, 2.05) is 0 Å². The van der Waals surface area contributed by atoms with Crippen LogP contribution in [-0.2, 0) is 6.54 Å². The van der Waals surface area contributed by atoms with Crippen molar-refractivity contribution in [2.45, 2.75) is 6.54 Å². The van der Waals surface area contributed by atoms with Crippen LogP contribution in [0.2, 0.25) is 0 Å². The van der Waals surface area contributed by atoms with Crippen molar-refractivity contribution < 1.29 is 14.7 Å². The van der Waals surface area contributed by atoms with Gasteiger partial charge in [-0.1, -0.05) is 0 Å². The Labute approximate surface area is 113 Å². The second kappa shape index (κ2) is 5.83. The molecule has 0 saturated carbocycles. The number of H-pyrrole nitrogens is 1. The van der Waals surface area contributed by atoms with Gasteiger partial charge in [-0.05, 0) is 6.07 Å². The third kappa shape index (κ3) is 3.31. The van der Waals surface area contributed by atoms with Gasteiger partial charge in [0.15, 0.2) is 5.69 Å². The van der Waals surface area contributed by atoms with E-state index in [4.69, 9.17) is 5.11 Å². The lowest BCUT2D eigenvalue weighted by molar-refractivity contribution is 0.0690. The minimum absolute atomic E-state index is 0.0445. The van der Waals surface area contributed by atoms with Crippen LogP contribution in [0.1, 0.15) is 20.8 Å². The fourth-order valence-corrected chi connectivity index (χ4v) is 1.55. The highest BCUT2D eigenvalue weighted by molar-refractivity contribution is 5.93. The van der Waals surface area contributed by atoms with E-state index < -0.39 is 5.97 Å². The predicted octanol–water partition coefficient (Wildman–Crippen LogP) is -0.300. The number of carboxylic acid groups (broad SMARTS) is 1. The van der Waals surface area contributed by atoms with Crippen molar-refractivity contribution in [3.63, 3.8) is 0 Å². The Morgan fingerprint density at radius 2 is 2.20 bits per heavy atom. The minimum Gasteiger partial charge on any atom is -0.476 e. The van der Waals surface area contributed by atoms with Crippen LogP contribution in [0.5, 0.6) is 0 Å². The maximum Gasteiger partial charge on any atom is 0.356 e. The molecule has 0 radical (unpaired) electrons. The number of pyridine rings is 1. The van der Waals surface area contributed by atoms with Crippen molar-refractivity contribution in [1.29, 1.82) is 0 Å². The number of aromatic nitrogens is 3. The first-order valence-corrected chi connectivity index (χ1v) is 5.78. The summed E-state index contributed by atoms with van der Waals surface area (Å²) in [6.07, 6.45) is 4.10. The molecule has 2 aromatic rings. The van der Waals surface area contributed by atoms with Crippen molar-refractivity contribution in [2.75, 3.05) is 6.54 Å². The highest BCUT2D eigenvalue weighted by Gasteiger charge is 2.07. The molecular formula is C12H12N4O4. The summed E-state index contributed by atoms with van der Waals surface area (Å²) in [7, 11) is 0. The maximum atomic E-state index is 11.7. The quantitative estimate of drug-likeness (QED) is 0.693. The Morgan fingerprint density at radius 1 is 1.40 bits per heavy atom. The van der Waals surface area contributed by atoms with E-state index in [1.165, 1.54) is 30.9 Å². The Balaban J connectivity index is 1.86. The van der Waals surface area contributed by atoms with Gasteiger partial charge in [-0.25, -0.2) is 9.78 Å². The van der Waals surface area contributed by atoms with Crippen LogP contribution in [0.25, 0.3) is 0 Å².